The van der Waals surface area contributed by atoms with Crippen molar-refractivity contribution in [3.63, 3.8) is 0 Å². The Morgan fingerprint density at radius 2 is 1.51 bits per heavy atom. The summed E-state index contributed by atoms with van der Waals surface area (Å²) in [6.45, 7) is 4.34. The highest BCUT2D eigenvalue weighted by atomic mass is 35.5. The summed E-state index contributed by atoms with van der Waals surface area (Å²) in [7, 11) is -6.49. The van der Waals surface area contributed by atoms with Gasteiger partial charge in [0.25, 0.3) is 0 Å². The van der Waals surface area contributed by atoms with E-state index in [9.17, 15) is 21.6 Å². The highest BCUT2D eigenvalue weighted by molar-refractivity contribution is 7.92. The molecule has 1 amide bonds. The van der Waals surface area contributed by atoms with Gasteiger partial charge >= 0.3 is 0 Å². The Morgan fingerprint density at radius 1 is 0.884 bits per heavy atom. The Kier molecular flexibility index (Phi) is 11.8. The summed E-state index contributed by atoms with van der Waals surface area (Å²) in [4.78, 5) is 17.8. The number of carbonyl (C=O) groups is 1. The molecule has 0 radical (unpaired) electrons. The topological polar surface area (TPSA) is 107 Å². The van der Waals surface area contributed by atoms with Gasteiger partial charge in [0.05, 0.1) is 22.6 Å². The van der Waals surface area contributed by atoms with Gasteiger partial charge in [-0.25, -0.2) is 21.1 Å². The fourth-order valence-corrected chi connectivity index (χ4v) is 7.71. The first kappa shape index (κ1) is 34.0. The van der Waals surface area contributed by atoms with Gasteiger partial charge in [-0.2, -0.15) is 0 Å². The molecule has 9 nitrogen and oxygen atoms in total. The monoisotopic (exact) mass is 672 g/mol. The maximum absolute atomic E-state index is 13.5. The van der Waals surface area contributed by atoms with Crippen molar-refractivity contribution in [2.45, 2.75) is 44.9 Å². The van der Waals surface area contributed by atoms with Gasteiger partial charge in [-0.3, -0.25) is 9.52 Å². The molecule has 43 heavy (non-hydrogen) atoms. The maximum Gasteiger partial charge on any atom is 0.229 e. The number of benzene rings is 2. The van der Waals surface area contributed by atoms with E-state index in [1.807, 2.05) is 30.3 Å². The third-order valence-electron chi connectivity index (χ3n) is 8.37. The molecule has 4 rings (SSSR count). The highest BCUT2D eigenvalue weighted by Crippen LogP contribution is 2.30. The van der Waals surface area contributed by atoms with E-state index in [2.05, 4.69) is 9.62 Å². The second-order valence-corrected chi connectivity index (χ2v) is 16.4. The number of nitrogens with one attached hydrogen (secondary N) is 1. The molecule has 0 aromatic heterocycles. The first-order chi connectivity index (χ1) is 20.3. The lowest BCUT2D eigenvalue weighted by Gasteiger charge is -2.33. The number of rotatable bonds is 12. The van der Waals surface area contributed by atoms with Gasteiger partial charge in [0.2, 0.25) is 26.0 Å². The summed E-state index contributed by atoms with van der Waals surface area (Å²) in [5.41, 5.74) is 2.51. The minimum Gasteiger partial charge on any atom is -0.312 e. The van der Waals surface area contributed by atoms with E-state index in [0.717, 1.165) is 57.3 Å². The van der Waals surface area contributed by atoms with Crippen molar-refractivity contribution >= 4 is 60.5 Å². The molecule has 13 heteroatoms. The average molecular weight is 674 g/mol. The van der Waals surface area contributed by atoms with Crippen LogP contribution in [0.5, 0.6) is 0 Å². The van der Waals surface area contributed by atoms with Crippen LogP contribution in [-0.4, -0.2) is 83.7 Å². The lowest BCUT2D eigenvalue weighted by molar-refractivity contribution is -0.119. The molecule has 2 fully saturated rings. The van der Waals surface area contributed by atoms with Crippen molar-refractivity contribution < 1.29 is 21.6 Å². The van der Waals surface area contributed by atoms with Crippen LogP contribution in [0.15, 0.2) is 42.5 Å². The van der Waals surface area contributed by atoms with Gasteiger partial charge < -0.3 is 9.80 Å². The van der Waals surface area contributed by atoms with Gasteiger partial charge in [0, 0.05) is 37.4 Å². The number of anilines is 2. The Balaban J connectivity index is 1.27. The molecule has 0 bridgehead atoms. The summed E-state index contributed by atoms with van der Waals surface area (Å²) in [6, 6.07) is 12.9. The van der Waals surface area contributed by atoms with Gasteiger partial charge in [-0.1, -0.05) is 35.3 Å². The zero-order valence-corrected chi connectivity index (χ0v) is 28.0. The predicted octanol–water partition coefficient (Wildman–Crippen LogP) is 5.10. The van der Waals surface area contributed by atoms with Crippen LogP contribution in [0.1, 0.15) is 44.1 Å². The van der Waals surface area contributed by atoms with Crippen LogP contribution in [0.4, 0.5) is 11.4 Å². The van der Waals surface area contributed by atoms with Crippen LogP contribution in [0.2, 0.25) is 10.0 Å². The Morgan fingerprint density at radius 3 is 2.09 bits per heavy atom. The molecule has 0 aliphatic carbocycles. The molecular weight excluding hydrogens is 631 g/mol. The molecule has 238 valence electrons. The average Bonchev–Trinajstić information content (AvgIpc) is 2.94. The standard InChI is InChI=1S/C30H42Cl2N4O5S2/c1-42(38,39)33-26-6-4-23(5-7-26)20-24-10-16-34(17-11-24)14-3-15-36(27-8-9-28(31)29(32)22-27)30(37)21-25-12-18-35(19-13-25)43(2,40)41/h4-9,22,24-25,33H,3,10-21H2,1-2H3. The minimum atomic E-state index is -3.28. The second kappa shape index (κ2) is 14.9. The summed E-state index contributed by atoms with van der Waals surface area (Å²) < 4.78 is 50.6. The van der Waals surface area contributed by atoms with E-state index < -0.39 is 20.0 Å². The quantitative estimate of drug-likeness (QED) is 0.336. The minimum absolute atomic E-state index is 0.0210. The van der Waals surface area contributed by atoms with Gasteiger partial charge in [-0.05, 0) is 106 Å². The molecule has 2 saturated heterocycles. The molecular formula is C30H42Cl2N4O5S2. The third-order valence-corrected chi connectivity index (χ3v) is 11.0. The SMILES string of the molecule is CS(=O)(=O)Nc1ccc(CC2CCN(CCCN(C(=O)CC3CCN(S(C)(=O)=O)CC3)c3ccc(Cl)c(Cl)c3)CC2)cc1. The fourth-order valence-electron chi connectivity index (χ4n) is 5.98. The van der Waals surface area contributed by atoms with Gasteiger partial charge in [0.15, 0.2) is 0 Å². The van der Waals surface area contributed by atoms with E-state index in [1.54, 1.807) is 17.0 Å². The van der Waals surface area contributed by atoms with Crippen molar-refractivity contribution in [2.24, 2.45) is 11.8 Å². The van der Waals surface area contributed by atoms with Crippen molar-refractivity contribution in [3.05, 3.63) is 58.1 Å². The van der Waals surface area contributed by atoms with E-state index in [0.29, 0.717) is 60.5 Å². The molecule has 0 saturated carbocycles. The van der Waals surface area contributed by atoms with E-state index >= 15 is 0 Å². The largest absolute Gasteiger partial charge is 0.312 e. The normalized spacial score (nSPS) is 18.0. The number of likely N-dealkylation sites (tertiary alicyclic amines) is 1. The van der Waals surface area contributed by atoms with E-state index in [-0.39, 0.29) is 11.8 Å². The van der Waals surface area contributed by atoms with Crippen LogP contribution in [0.3, 0.4) is 0 Å². The number of piperidine rings is 2. The molecule has 0 spiro atoms. The number of nitrogens with zero attached hydrogens (tertiary/aromatic N) is 3. The summed E-state index contributed by atoms with van der Waals surface area (Å²) in [6.07, 6.45) is 8.05. The molecule has 2 heterocycles. The van der Waals surface area contributed by atoms with Gasteiger partial charge in [0.1, 0.15) is 0 Å². The number of sulfonamides is 2. The smallest absolute Gasteiger partial charge is 0.229 e. The zero-order chi connectivity index (χ0) is 31.2. The summed E-state index contributed by atoms with van der Waals surface area (Å²) in [5.74, 6) is 0.739. The van der Waals surface area contributed by atoms with Crippen molar-refractivity contribution in [1.82, 2.24) is 9.21 Å². The first-order valence-electron chi connectivity index (χ1n) is 14.8. The Bertz CT molecular complexity index is 1460. The Labute approximate surface area is 266 Å². The molecule has 2 aliphatic heterocycles. The number of amides is 1. The predicted molar refractivity (Wildman–Crippen MR) is 175 cm³/mol. The maximum atomic E-state index is 13.5. The molecule has 0 atom stereocenters. The molecule has 2 aromatic carbocycles. The van der Waals surface area contributed by atoms with Crippen LogP contribution in [0, 0.1) is 11.8 Å². The fraction of sp³-hybridized carbons (Fsp3) is 0.567. The molecule has 2 aromatic rings. The van der Waals surface area contributed by atoms with Crippen LogP contribution >= 0.6 is 23.2 Å². The van der Waals surface area contributed by atoms with Crippen molar-refractivity contribution in [3.8, 4) is 0 Å². The molecule has 1 N–H and O–H groups in total. The number of halogens is 2. The van der Waals surface area contributed by atoms with Crippen molar-refractivity contribution in [2.75, 3.05) is 61.4 Å². The highest BCUT2D eigenvalue weighted by Gasteiger charge is 2.28. The first-order valence-corrected chi connectivity index (χ1v) is 19.3. The lowest BCUT2D eigenvalue weighted by Crippen LogP contribution is -2.40. The third kappa shape index (κ3) is 10.6. The summed E-state index contributed by atoms with van der Waals surface area (Å²) in [5, 5.41) is 0.845. The van der Waals surface area contributed by atoms with Crippen LogP contribution < -0.4 is 9.62 Å². The summed E-state index contributed by atoms with van der Waals surface area (Å²) >= 11 is 12.5. The van der Waals surface area contributed by atoms with Gasteiger partial charge in [-0.15, -0.1) is 0 Å². The van der Waals surface area contributed by atoms with Crippen LogP contribution in [0.25, 0.3) is 0 Å². The van der Waals surface area contributed by atoms with Crippen LogP contribution in [-0.2, 0) is 31.3 Å². The Hall–Kier alpha value is -1.89. The number of hydrogen-bond donors (Lipinski definition) is 1. The molecule has 0 unspecified atom stereocenters. The number of hydrogen-bond acceptors (Lipinski definition) is 6. The van der Waals surface area contributed by atoms with Crippen molar-refractivity contribution in [1.29, 1.82) is 0 Å². The number of carbonyl (C=O) groups excluding carboxylic acids is 1. The van der Waals surface area contributed by atoms with E-state index in [1.165, 1.54) is 16.1 Å². The molecule has 2 aliphatic rings. The zero-order valence-electron chi connectivity index (χ0n) is 24.8. The van der Waals surface area contributed by atoms with E-state index in [4.69, 9.17) is 23.2 Å². The lowest BCUT2D eigenvalue weighted by atomic mass is 9.90. The second-order valence-electron chi connectivity index (χ2n) is 11.9.